The van der Waals surface area contributed by atoms with Crippen molar-refractivity contribution in [1.29, 1.82) is 0 Å². The second-order valence-electron chi connectivity index (χ2n) is 7.14. The molecule has 4 aromatic rings. The van der Waals surface area contributed by atoms with Crippen molar-refractivity contribution < 1.29 is 9.53 Å². The maximum absolute atomic E-state index is 12.3. The van der Waals surface area contributed by atoms with Gasteiger partial charge in [-0.3, -0.25) is 4.79 Å². The van der Waals surface area contributed by atoms with Crippen LogP contribution in [0, 0.1) is 6.92 Å². The summed E-state index contributed by atoms with van der Waals surface area (Å²) in [7, 11) is 0. The van der Waals surface area contributed by atoms with Crippen LogP contribution < -0.4 is 4.74 Å². The van der Waals surface area contributed by atoms with Crippen LogP contribution in [-0.4, -0.2) is 11.0 Å². The van der Waals surface area contributed by atoms with E-state index < -0.39 is 0 Å². The number of carbonyl (C=O) groups is 1. The van der Waals surface area contributed by atoms with Crippen LogP contribution in [0.5, 0.6) is 5.88 Å². The van der Waals surface area contributed by atoms with Crippen molar-refractivity contribution in [3.05, 3.63) is 72.3 Å². The van der Waals surface area contributed by atoms with E-state index in [-0.39, 0.29) is 5.97 Å². The van der Waals surface area contributed by atoms with Crippen LogP contribution in [0.4, 0.5) is 0 Å². The van der Waals surface area contributed by atoms with Crippen molar-refractivity contribution in [2.45, 2.75) is 33.1 Å². The minimum Gasteiger partial charge on any atom is -0.407 e. The molecular weight excluding hydrogens is 346 g/mol. The summed E-state index contributed by atoms with van der Waals surface area (Å²) in [5.74, 6) is 0.164. The lowest BCUT2D eigenvalue weighted by molar-refractivity contribution is -0.134. The first-order valence-electron chi connectivity index (χ1n) is 9.76. The summed E-state index contributed by atoms with van der Waals surface area (Å²) in [6, 6.07) is 22.6. The fourth-order valence-electron chi connectivity index (χ4n) is 3.46. The third kappa shape index (κ3) is 3.61. The molecule has 0 bridgehead atoms. The van der Waals surface area contributed by atoms with E-state index in [9.17, 15) is 4.79 Å². The summed E-state index contributed by atoms with van der Waals surface area (Å²) in [6.45, 7) is 4.13. The molecule has 0 saturated heterocycles. The van der Waals surface area contributed by atoms with Crippen LogP contribution in [0.3, 0.4) is 0 Å². The van der Waals surface area contributed by atoms with E-state index in [1.807, 2.05) is 30.3 Å². The number of benzene rings is 3. The highest BCUT2D eigenvalue weighted by Gasteiger charge is 2.14. The average molecular weight is 369 g/mol. The number of fused-ring (bicyclic) bond motifs is 3. The highest BCUT2D eigenvalue weighted by atomic mass is 16.5. The number of unbranched alkanes of at least 4 members (excludes halogenated alkanes) is 1. The predicted molar refractivity (Wildman–Crippen MR) is 115 cm³/mol. The molecule has 0 radical (unpaired) electrons. The van der Waals surface area contributed by atoms with Gasteiger partial charge in [0, 0.05) is 17.2 Å². The number of pyridine rings is 1. The van der Waals surface area contributed by atoms with Gasteiger partial charge < -0.3 is 4.74 Å². The first-order chi connectivity index (χ1) is 13.7. The van der Waals surface area contributed by atoms with Gasteiger partial charge in [0.2, 0.25) is 5.88 Å². The maximum Gasteiger partial charge on any atom is 0.312 e. The molecule has 3 aromatic carbocycles. The first-order valence-corrected chi connectivity index (χ1v) is 9.76. The molecule has 3 nitrogen and oxygen atoms in total. The fraction of sp³-hybridized carbons (Fsp3) is 0.200. The zero-order chi connectivity index (χ0) is 19.5. The molecule has 1 aromatic heterocycles. The Morgan fingerprint density at radius 1 is 0.893 bits per heavy atom. The van der Waals surface area contributed by atoms with E-state index in [1.54, 1.807) is 0 Å². The van der Waals surface area contributed by atoms with Gasteiger partial charge in [0.25, 0.3) is 0 Å². The first kappa shape index (κ1) is 18.2. The minimum absolute atomic E-state index is 0.229. The van der Waals surface area contributed by atoms with E-state index in [0.29, 0.717) is 12.3 Å². The van der Waals surface area contributed by atoms with Gasteiger partial charge in [-0.05, 0) is 48.1 Å². The van der Waals surface area contributed by atoms with E-state index >= 15 is 0 Å². The Balaban J connectivity index is 1.90. The smallest absolute Gasteiger partial charge is 0.312 e. The lowest BCUT2D eigenvalue weighted by Crippen LogP contribution is -2.09. The number of carbonyl (C=O) groups excluding carboxylic acids is 1. The number of aromatic nitrogens is 1. The largest absolute Gasteiger partial charge is 0.407 e. The van der Waals surface area contributed by atoms with Crippen LogP contribution >= 0.6 is 0 Å². The van der Waals surface area contributed by atoms with Crippen molar-refractivity contribution in [3.8, 4) is 17.0 Å². The molecule has 0 aliphatic carbocycles. The third-order valence-corrected chi connectivity index (χ3v) is 4.97. The van der Waals surface area contributed by atoms with E-state index in [4.69, 9.17) is 4.74 Å². The molecule has 28 heavy (non-hydrogen) atoms. The molecule has 0 amide bonds. The molecule has 0 N–H and O–H groups in total. The molecule has 140 valence electrons. The third-order valence-electron chi connectivity index (χ3n) is 4.97. The summed E-state index contributed by atoms with van der Waals surface area (Å²) in [4.78, 5) is 17.0. The zero-order valence-corrected chi connectivity index (χ0v) is 16.2. The SMILES string of the molecule is CCCCC(=O)Oc1nc2ccc(C)cc2c2ccc(-c3ccccc3)cc12. The van der Waals surface area contributed by atoms with Gasteiger partial charge in [-0.2, -0.15) is 0 Å². The molecule has 0 fully saturated rings. The standard InChI is InChI=1S/C25H23NO2/c1-3-4-10-24(27)28-25-22-16-19(18-8-6-5-7-9-18)12-13-20(22)21-15-17(2)11-14-23(21)26-25/h5-9,11-16H,3-4,10H2,1-2H3. The molecule has 0 spiro atoms. The van der Waals surface area contributed by atoms with Gasteiger partial charge in [-0.1, -0.05) is 67.4 Å². The molecule has 0 atom stereocenters. The summed E-state index contributed by atoms with van der Waals surface area (Å²) in [5, 5.41) is 2.99. The molecule has 0 aliphatic heterocycles. The Morgan fingerprint density at radius 3 is 2.50 bits per heavy atom. The van der Waals surface area contributed by atoms with Gasteiger partial charge in [-0.15, -0.1) is 0 Å². The van der Waals surface area contributed by atoms with Crippen LogP contribution in [0.25, 0.3) is 32.8 Å². The second kappa shape index (κ2) is 7.81. The van der Waals surface area contributed by atoms with Crippen LogP contribution in [0.2, 0.25) is 0 Å². The van der Waals surface area contributed by atoms with Crippen molar-refractivity contribution >= 4 is 27.6 Å². The zero-order valence-electron chi connectivity index (χ0n) is 16.2. The second-order valence-corrected chi connectivity index (χ2v) is 7.14. The quantitative estimate of drug-likeness (QED) is 0.299. The van der Waals surface area contributed by atoms with Crippen molar-refractivity contribution in [2.75, 3.05) is 0 Å². The molecule has 4 rings (SSSR count). The molecule has 0 unspecified atom stereocenters. The normalized spacial score (nSPS) is 11.1. The van der Waals surface area contributed by atoms with Crippen LogP contribution in [-0.2, 0) is 4.79 Å². The maximum atomic E-state index is 12.3. The summed E-state index contributed by atoms with van der Waals surface area (Å²) in [5.41, 5.74) is 4.21. The Morgan fingerprint density at radius 2 is 1.71 bits per heavy atom. The molecule has 0 aliphatic rings. The molecule has 1 heterocycles. The van der Waals surface area contributed by atoms with E-state index in [0.717, 1.165) is 45.6 Å². The van der Waals surface area contributed by atoms with Crippen LogP contribution in [0.1, 0.15) is 31.7 Å². The Bertz CT molecular complexity index is 1150. The number of aryl methyl sites for hydroxylation is 1. The number of rotatable bonds is 5. The monoisotopic (exact) mass is 369 g/mol. The lowest BCUT2D eigenvalue weighted by atomic mass is 9.99. The number of hydrogen-bond donors (Lipinski definition) is 0. The van der Waals surface area contributed by atoms with Crippen molar-refractivity contribution in [3.63, 3.8) is 0 Å². The average Bonchev–Trinajstić information content (AvgIpc) is 2.73. The van der Waals surface area contributed by atoms with Gasteiger partial charge in [-0.25, -0.2) is 4.98 Å². The minimum atomic E-state index is -0.229. The van der Waals surface area contributed by atoms with Crippen molar-refractivity contribution in [2.24, 2.45) is 0 Å². The number of ether oxygens (including phenoxy) is 1. The van der Waals surface area contributed by atoms with Gasteiger partial charge in [0.05, 0.1) is 5.52 Å². The van der Waals surface area contributed by atoms with Gasteiger partial charge in [0.1, 0.15) is 0 Å². The Kier molecular flexibility index (Phi) is 5.07. The fourth-order valence-corrected chi connectivity index (χ4v) is 3.46. The van der Waals surface area contributed by atoms with Crippen LogP contribution in [0.15, 0.2) is 66.7 Å². The Labute approximate surface area is 165 Å². The number of nitrogens with zero attached hydrogens (tertiary/aromatic N) is 1. The number of esters is 1. The van der Waals surface area contributed by atoms with E-state index in [1.165, 1.54) is 5.56 Å². The highest BCUT2D eigenvalue weighted by Crippen LogP contribution is 2.34. The lowest BCUT2D eigenvalue weighted by Gasteiger charge is -2.12. The Hall–Kier alpha value is -3.20. The summed E-state index contributed by atoms with van der Waals surface area (Å²) in [6.07, 6.45) is 2.18. The highest BCUT2D eigenvalue weighted by molar-refractivity contribution is 6.09. The predicted octanol–water partition coefficient (Wildman–Crippen LogP) is 6.46. The van der Waals surface area contributed by atoms with Crippen molar-refractivity contribution in [1.82, 2.24) is 4.98 Å². The topological polar surface area (TPSA) is 39.2 Å². The molecular formula is C25H23NO2. The molecule has 0 saturated carbocycles. The van der Waals surface area contributed by atoms with Gasteiger partial charge >= 0.3 is 5.97 Å². The summed E-state index contributed by atoms with van der Waals surface area (Å²) >= 11 is 0. The van der Waals surface area contributed by atoms with Gasteiger partial charge in [0.15, 0.2) is 0 Å². The molecule has 3 heteroatoms. The van der Waals surface area contributed by atoms with E-state index in [2.05, 4.69) is 55.2 Å². The summed E-state index contributed by atoms with van der Waals surface area (Å²) < 4.78 is 5.71. The number of hydrogen-bond acceptors (Lipinski definition) is 3.